The SMILES string of the molecule is Cc1ccc(Nc2c(NCc3ccccc3)cc(C(=O)O)cc2S(N)(=O)=O)c(C)c1. The van der Waals surface area contributed by atoms with Crippen LogP contribution in [0.4, 0.5) is 17.1 Å². The molecule has 0 spiro atoms. The summed E-state index contributed by atoms with van der Waals surface area (Å²) in [5.41, 5.74) is 3.96. The van der Waals surface area contributed by atoms with Gasteiger partial charge < -0.3 is 15.7 Å². The Morgan fingerprint density at radius 2 is 1.70 bits per heavy atom. The van der Waals surface area contributed by atoms with Gasteiger partial charge in [-0.05, 0) is 43.2 Å². The van der Waals surface area contributed by atoms with E-state index in [4.69, 9.17) is 5.14 Å². The lowest BCUT2D eigenvalue weighted by Crippen LogP contribution is -2.17. The van der Waals surface area contributed by atoms with Crippen LogP contribution in [0.15, 0.2) is 65.6 Å². The highest BCUT2D eigenvalue weighted by Crippen LogP contribution is 2.35. The predicted molar refractivity (Wildman–Crippen MR) is 118 cm³/mol. The number of benzene rings is 3. The molecule has 0 fully saturated rings. The Morgan fingerprint density at radius 1 is 1.00 bits per heavy atom. The van der Waals surface area contributed by atoms with Crippen molar-refractivity contribution in [1.29, 1.82) is 0 Å². The lowest BCUT2D eigenvalue weighted by molar-refractivity contribution is 0.0696. The molecule has 0 unspecified atom stereocenters. The zero-order valence-corrected chi connectivity index (χ0v) is 17.5. The maximum absolute atomic E-state index is 12.3. The second-order valence-corrected chi connectivity index (χ2v) is 8.56. The van der Waals surface area contributed by atoms with Gasteiger partial charge in [-0.3, -0.25) is 0 Å². The molecule has 7 nitrogen and oxygen atoms in total. The number of rotatable bonds is 7. The summed E-state index contributed by atoms with van der Waals surface area (Å²) in [6, 6.07) is 17.6. The van der Waals surface area contributed by atoms with Gasteiger partial charge in [0.05, 0.1) is 16.9 Å². The number of hydrogen-bond acceptors (Lipinski definition) is 5. The molecule has 0 saturated carbocycles. The van der Waals surface area contributed by atoms with Crippen LogP contribution in [0.25, 0.3) is 0 Å². The van der Waals surface area contributed by atoms with Gasteiger partial charge in [0.25, 0.3) is 0 Å². The third-order valence-electron chi connectivity index (χ3n) is 4.62. The van der Waals surface area contributed by atoms with Crippen molar-refractivity contribution in [1.82, 2.24) is 0 Å². The Morgan fingerprint density at radius 3 is 2.30 bits per heavy atom. The van der Waals surface area contributed by atoms with Gasteiger partial charge in [-0.1, -0.05) is 48.0 Å². The van der Waals surface area contributed by atoms with E-state index in [1.807, 2.05) is 62.4 Å². The number of nitrogens with one attached hydrogen (secondary N) is 2. The third-order valence-corrected chi connectivity index (χ3v) is 5.56. The molecule has 156 valence electrons. The average molecular weight is 426 g/mol. The fraction of sp³-hybridized carbons (Fsp3) is 0.136. The van der Waals surface area contributed by atoms with Crippen LogP contribution in [-0.4, -0.2) is 19.5 Å². The first-order chi connectivity index (χ1) is 14.1. The predicted octanol–water partition coefficient (Wildman–Crippen LogP) is 4.00. The molecule has 3 aromatic rings. The van der Waals surface area contributed by atoms with Crippen LogP contribution in [0.2, 0.25) is 0 Å². The second-order valence-electron chi connectivity index (χ2n) is 7.03. The Kier molecular flexibility index (Phi) is 6.09. The third kappa shape index (κ3) is 4.97. The summed E-state index contributed by atoms with van der Waals surface area (Å²) in [5, 5.41) is 21.2. The summed E-state index contributed by atoms with van der Waals surface area (Å²) in [5.74, 6) is -1.25. The number of hydrogen-bond donors (Lipinski definition) is 4. The van der Waals surface area contributed by atoms with Crippen LogP contribution in [-0.2, 0) is 16.6 Å². The van der Waals surface area contributed by atoms with E-state index >= 15 is 0 Å². The summed E-state index contributed by atoms with van der Waals surface area (Å²) < 4.78 is 24.6. The van der Waals surface area contributed by atoms with Gasteiger partial charge in [0.15, 0.2) is 0 Å². The van der Waals surface area contributed by atoms with E-state index in [0.717, 1.165) is 22.8 Å². The zero-order chi connectivity index (χ0) is 21.9. The second kappa shape index (κ2) is 8.56. The summed E-state index contributed by atoms with van der Waals surface area (Å²) in [6.07, 6.45) is 0. The fourth-order valence-corrected chi connectivity index (χ4v) is 3.85. The summed E-state index contributed by atoms with van der Waals surface area (Å²) in [6.45, 7) is 4.23. The first kappa shape index (κ1) is 21.4. The van der Waals surface area contributed by atoms with Gasteiger partial charge in [-0.2, -0.15) is 0 Å². The molecule has 0 radical (unpaired) electrons. The van der Waals surface area contributed by atoms with Crippen molar-refractivity contribution >= 4 is 33.1 Å². The molecule has 0 aliphatic heterocycles. The molecule has 0 aromatic heterocycles. The maximum atomic E-state index is 12.3. The highest BCUT2D eigenvalue weighted by atomic mass is 32.2. The topological polar surface area (TPSA) is 122 Å². The number of carboxylic acids is 1. The number of aryl methyl sites for hydroxylation is 2. The normalized spacial score (nSPS) is 11.2. The van der Waals surface area contributed by atoms with Crippen LogP contribution >= 0.6 is 0 Å². The van der Waals surface area contributed by atoms with E-state index in [2.05, 4.69) is 10.6 Å². The van der Waals surface area contributed by atoms with Crippen molar-refractivity contribution in [3.05, 3.63) is 82.9 Å². The molecular weight excluding hydrogens is 402 g/mol. The Bertz CT molecular complexity index is 1190. The monoisotopic (exact) mass is 425 g/mol. The Hall–Kier alpha value is -3.36. The molecule has 0 heterocycles. The summed E-state index contributed by atoms with van der Waals surface area (Å²) >= 11 is 0. The molecule has 0 saturated heterocycles. The van der Waals surface area contributed by atoms with Gasteiger partial charge in [0.2, 0.25) is 10.0 Å². The number of carbonyl (C=O) groups is 1. The number of primary sulfonamides is 1. The number of carboxylic acid groups (broad SMARTS) is 1. The van der Waals surface area contributed by atoms with Crippen LogP contribution in [0.5, 0.6) is 0 Å². The number of sulfonamides is 1. The first-order valence-corrected chi connectivity index (χ1v) is 10.8. The minimum absolute atomic E-state index is 0.180. The van der Waals surface area contributed by atoms with Gasteiger partial charge in [-0.25, -0.2) is 18.4 Å². The number of aromatic carboxylic acids is 1. The van der Waals surface area contributed by atoms with Gasteiger partial charge in [-0.15, -0.1) is 0 Å². The minimum Gasteiger partial charge on any atom is -0.478 e. The number of nitrogens with two attached hydrogens (primary N) is 1. The number of anilines is 3. The molecule has 0 atom stereocenters. The summed E-state index contributed by atoms with van der Waals surface area (Å²) in [4.78, 5) is 11.3. The molecule has 0 amide bonds. The Labute approximate surface area is 175 Å². The smallest absolute Gasteiger partial charge is 0.335 e. The molecule has 8 heteroatoms. The molecule has 30 heavy (non-hydrogen) atoms. The first-order valence-electron chi connectivity index (χ1n) is 9.21. The van der Waals surface area contributed by atoms with Crippen LogP contribution in [0, 0.1) is 13.8 Å². The fourth-order valence-electron chi connectivity index (χ4n) is 3.11. The zero-order valence-electron chi connectivity index (χ0n) is 16.6. The van der Waals surface area contributed by atoms with Crippen molar-refractivity contribution in [2.24, 2.45) is 5.14 Å². The van der Waals surface area contributed by atoms with E-state index in [-0.39, 0.29) is 16.1 Å². The maximum Gasteiger partial charge on any atom is 0.335 e. The lowest BCUT2D eigenvalue weighted by Gasteiger charge is -2.19. The van der Waals surface area contributed by atoms with E-state index in [0.29, 0.717) is 17.9 Å². The molecule has 0 aliphatic rings. The van der Waals surface area contributed by atoms with E-state index in [1.54, 1.807) is 0 Å². The highest BCUT2D eigenvalue weighted by Gasteiger charge is 2.22. The molecule has 3 rings (SSSR count). The molecule has 0 bridgehead atoms. The molecule has 5 N–H and O–H groups in total. The van der Waals surface area contributed by atoms with E-state index in [1.165, 1.54) is 6.07 Å². The van der Waals surface area contributed by atoms with E-state index < -0.39 is 16.0 Å². The Balaban J connectivity index is 2.13. The quantitative estimate of drug-likeness (QED) is 0.454. The van der Waals surface area contributed by atoms with Crippen LogP contribution in [0.1, 0.15) is 27.0 Å². The largest absolute Gasteiger partial charge is 0.478 e. The standard InChI is InChI=1S/C22H23N3O4S/c1-14-8-9-18(15(2)10-14)25-21-19(24-13-16-6-4-3-5-7-16)11-17(22(26)27)12-20(21)30(23,28)29/h3-12,24-25H,13H2,1-2H3,(H,26,27)(H2,23,28,29). The summed E-state index contributed by atoms with van der Waals surface area (Å²) in [7, 11) is -4.20. The molecule has 0 aliphatic carbocycles. The van der Waals surface area contributed by atoms with Crippen molar-refractivity contribution in [2.45, 2.75) is 25.3 Å². The average Bonchev–Trinajstić information content (AvgIpc) is 2.68. The molecular formula is C22H23N3O4S. The van der Waals surface area contributed by atoms with Crippen molar-refractivity contribution < 1.29 is 18.3 Å². The van der Waals surface area contributed by atoms with E-state index in [9.17, 15) is 18.3 Å². The highest BCUT2D eigenvalue weighted by molar-refractivity contribution is 7.89. The van der Waals surface area contributed by atoms with Crippen LogP contribution in [0.3, 0.4) is 0 Å². The van der Waals surface area contributed by atoms with Gasteiger partial charge in [0, 0.05) is 12.2 Å². The lowest BCUT2D eigenvalue weighted by atomic mass is 10.1. The van der Waals surface area contributed by atoms with Crippen LogP contribution < -0.4 is 15.8 Å². The van der Waals surface area contributed by atoms with Crippen molar-refractivity contribution in [3.63, 3.8) is 0 Å². The molecule has 3 aromatic carbocycles. The van der Waals surface area contributed by atoms with Crippen molar-refractivity contribution in [2.75, 3.05) is 10.6 Å². The van der Waals surface area contributed by atoms with Crippen molar-refractivity contribution in [3.8, 4) is 0 Å². The minimum atomic E-state index is -4.20. The van der Waals surface area contributed by atoms with Gasteiger partial charge in [0.1, 0.15) is 4.90 Å². The van der Waals surface area contributed by atoms with Gasteiger partial charge >= 0.3 is 5.97 Å².